The summed E-state index contributed by atoms with van der Waals surface area (Å²) in [6.45, 7) is 7.40. The lowest BCUT2D eigenvalue weighted by molar-refractivity contribution is -0.121. The lowest BCUT2D eigenvalue weighted by atomic mass is 9.95. The lowest BCUT2D eigenvalue weighted by Crippen LogP contribution is -2.45. The second kappa shape index (κ2) is 8.35. The van der Waals surface area contributed by atoms with Gasteiger partial charge in [0.15, 0.2) is 0 Å². The van der Waals surface area contributed by atoms with Crippen molar-refractivity contribution in [3.8, 4) is 11.5 Å². The van der Waals surface area contributed by atoms with Crippen LogP contribution in [0.1, 0.15) is 43.0 Å². The third-order valence-corrected chi connectivity index (χ3v) is 5.90. The number of rotatable bonds is 5. The van der Waals surface area contributed by atoms with Crippen molar-refractivity contribution in [3.05, 3.63) is 41.7 Å². The second-order valence-electron chi connectivity index (χ2n) is 7.82. The van der Waals surface area contributed by atoms with Crippen molar-refractivity contribution in [1.29, 1.82) is 0 Å². The zero-order valence-electron chi connectivity index (χ0n) is 17.8. The molecule has 3 aromatic heterocycles. The van der Waals surface area contributed by atoms with Gasteiger partial charge in [-0.15, -0.1) is 0 Å². The SMILES string of the molecule is Cc1nn(C)c(C)c1NC(=O)C(C)N1CCC(c2nc(-c3ccccn3)no2)CC1. The van der Waals surface area contributed by atoms with Gasteiger partial charge >= 0.3 is 0 Å². The van der Waals surface area contributed by atoms with Gasteiger partial charge in [-0.05, 0) is 58.8 Å². The van der Waals surface area contributed by atoms with Crippen molar-refractivity contribution >= 4 is 11.6 Å². The van der Waals surface area contributed by atoms with E-state index in [1.807, 2.05) is 46.0 Å². The van der Waals surface area contributed by atoms with E-state index in [9.17, 15) is 4.79 Å². The van der Waals surface area contributed by atoms with Gasteiger partial charge in [0.05, 0.1) is 23.1 Å². The molecule has 0 saturated carbocycles. The topological polar surface area (TPSA) is 102 Å². The standard InChI is InChI=1S/C21H27N7O2/c1-13-18(14(2)27(4)25-13)23-20(29)15(3)28-11-8-16(9-12-28)21-24-19(26-30-21)17-7-5-6-10-22-17/h5-7,10,15-16H,8-9,11-12H2,1-4H3,(H,23,29). The molecular weight excluding hydrogens is 382 g/mol. The molecule has 158 valence electrons. The minimum Gasteiger partial charge on any atom is -0.339 e. The molecule has 1 unspecified atom stereocenters. The Morgan fingerprint density at radius 2 is 2.03 bits per heavy atom. The van der Waals surface area contributed by atoms with Gasteiger partial charge in [-0.25, -0.2) is 0 Å². The zero-order valence-corrected chi connectivity index (χ0v) is 17.8. The maximum Gasteiger partial charge on any atom is 0.241 e. The van der Waals surface area contributed by atoms with E-state index < -0.39 is 0 Å². The summed E-state index contributed by atoms with van der Waals surface area (Å²) in [5, 5.41) is 11.5. The molecule has 30 heavy (non-hydrogen) atoms. The van der Waals surface area contributed by atoms with Crippen LogP contribution < -0.4 is 5.32 Å². The molecule has 1 fully saturated rings. The summed E-state index contributed by atoms with van der Waals surface area (Å²) in [4.78, 5) is 23.8. The monoisotopic (exact) mass is 409 g/mol. The Kier molecular flexibility index (Phi) is 5.63. The highest BCUT2D eigenvalue weighted by atomic mass is 16.5. The van der Waals surface area contributed by atoms with Crippen molar-refractivity contribution in [2.75, 3.05) is 18.4 Å². The molecule has 1 saturated heterocycles. The summed E-state index contributed by atoms with van der Waals surface area (Å²) in [6, 6.07) is 5.40. The molecule has 3 aromatic rings. The third-order valence-electron chi connectivity index (χ3n) is 5.90. The Morgan fingerprint density at radius 3 is 2.67 bits per heavy atom. The summed E-state index contributed by atoms with van der Waals surface area (Å²) < 4.78 is 7.28. The number of anilines is 1. The largest absolute Gasteiger partial charge is 0.339 e. The van der Waals surface area contributed by atoms with Crippen molar-refractivity contribution in [2.24, 2.45) is 7.05 Å². The quantitative estimate of drug-likeness (QED) is 0.691. The molecule has 1 aliphatic heterocycles. The van der Waals surface area contributed by atoms with E-state index >= 15 is 0 Å². The molecule has 1 amide bonds. The molecule has 0 aliphatic carbocycles. The predicted octanol–water partition coefficient (Wildman–Crippen LogP) is 2.69. The molecule has 0 radical (unpaired) electrons. The highest BCUT2D eigenvalue weighted by molar-refractivity contribution is 5.95. The molecule has 0 aromatic carbocycles. The van der Waals surface area contributed by atoms with Crippen LogP contribution in [0.4, 0.5) is 5.69 Å². The first kappa shape index (κ1) is 20.2. The highest BCUT2D eigenvalue weighted by Crippen LogP contribution is 2.29. The van der Waals surface area contributed by atoms with Gasteiger partial charge in [0.1, 0.15) is 5.69 Å². The number of carbonyl (C=O) groups is 1. The first-order valence-corrected chi connectivity index (χ1v) is 10.2. The van der Waals surface area contributed by atoms with Crippen LogP contribution >= 0.6 is 0 Å². The number of hydrogen-bond donors (Lipinski definition) is 1. The molecular formula is C21H27N7O2. The number of amides is 1. The molecule has 0 spiro atoms. The molecule has 4 heterocycles. The normalized spacial score (nSPS) is 16.5. The Hall–Kier alpha value is -3.07. The summed E-state index contributed by atoms with van der Waals surface area (Å²) in [5.74, 6) is 1.35. The average Bonchev–Trinajstić information content (AvgIpc) is 3.35. The van der Waals surface area contributed by atoms with Gasteiger partial charge in [0, 0.05) is 19.2 Å². The third kappa shape index (κ3) is 3.97. The fourth-order valence-electron chi connectivity index (χ4n) is 3.88. The van der Waals surface area contributed by atoms with Crippen LogP contribution in [0.5, 0.6) is 0 Å². The summed E-state index contributed by atoms with van der Waals surface area (Å²) in [5.41, 5.74) is 3.29. The first-order chi connectivity index (χ1) is 14.4. The Labute approximate surface area is 175 Å². The summed E-state index contributed by atoms with van der Waals surface area (Å²) in [7, 11) is 1.88. The van der Waals surface area contributed by atoms with E-state index in [0.29, 0.717) is 17.4 Å². The maximum absolute atomic E-state index is 12.8. The van der Waals surface area contributed by atoms with E-state index in [1.54, 1.807) is 10.9 Å². The molecule has 1 atom stereocenters. The Bertz CT molecular complexity index is 1020. The van der Waals surface area contributed by atoms with Crippen LogP contribution in [-0.2, 0) is 11.8 Å². The Balaban J connectivity index is 1.35. The van der Waals surface area contributed by atoms with Crippen molar-refractivity contribution in [2.45, 2.75) is 45.6 Å². The van der Waals surface area contributed by atoms with Crippen LogP contribution in [0.25, 0.3) is 11.5 Å². The number of nitrogens with zero attached hydrogens (tertiary/aromatic N) is 6. The molecule has 4 rings (SSSR count). The van der Waals surface area contributed by atoms with Crippen LogP contribution in [0.2, 0.25) is 0 Å². The van der Waals surface area contributed by atoms with Gasteiger partial charge < -0.3 is 9.84 Å². The van der Waals surface area contributed by atoms with Gasteiger partial charge in [0.2, 0.25) is 17.6 Å². The number of likely N-dealkylation sites (tertiary alicyclic amines) is 1. The van der Waals surface area contributed by atoms with Gasteiger partial charge in [0.25, 0.3) is 0 Å². The summed E-state index contributed by atoms with van der Waals surface area (Å²) in [6.07, 6.45) is 3.45. The highest BCUT2D eigenvalue weighted by Gasteiger charge is 2.30. The summed E-state index contributed by atoms with van der Waals surface area (Å²) >= 11 is 0. The number of carbonyl (C=O) groups excluding carboxylic acids is 1. The van der Waals surface area contributed by atoms with E-state index in [2.05, 4.69) is 30.4 Å². The van der Waals surface area contributed by atoms with Crippen LogP contribution in [0.3, 0.4) is 0 Å². The zero-order chi connectivity index (χ0) is 21.3. The smallest absolute Gasteiger partial charge is 0.241 e. The molecule has 9 heteroatoms. The lowest BCUT2D eigenvalue weighted by Gasteiger charge is -2.34. The number of pyridine rings is 1. The fraction of sp³-hybridized carbons (Fsp3) is 0.476. The number of aryl methyl sites for hydroxylation is 2. The number of aromatic nitrogens is 5. The van der Waals surface area contributed by atoms with Crippen molar-refractivity contribution in [1.82, 2.24) is 29.8 Å². The predicted molar refractivity (Wildman–Crippen MR) is 112 cm³/mol. The molecule has 9 nitrogen and oxygen atoms in total. The van der Waals surface area contributed by atoms with Crippen molar-refractivity contribution in [3.63, 3.8) is 0 Å². The van der Waals surface area contributed by atoms with Gasteiger partial charge in [-0.3, -0.25) is 19.4 Å². The van der Waals surface area contributed by atoms with E-state index in [0.717, 1.165) is 43.0 Å². The van der Waals surface area contributed by atoms with Crippen LogP contribution in [0, 0.1) is 13.8 Å². The molecule has 1 N–H and O–H groups in total. The van der Waals surface area contributed by atoms with Crippen LogP contribution in [0.15, 0.2) is 28.9 Å². The minimum absolute atomic E-state index is 0.0112. The number of piperidine rings is 1. The van der Waals surface area contributed by atoms with E-state index in [4.69, 9.17) is 4.52 Å². The molecule has 1 aliphatic rings. The minimum atomic E-state index is -0.225. The number of hydrogen-bond acceptors (Lipinski definition) is 7. The molecule has 0 bridgehead atoms. The van der Waals surface area contributed by atoms with E-state index in [-0.39, 0.29) is 17.9 Å². The fourth-order valence-corrected chi connectivity index (χ4v) is 3.88. The van der Waals surface area contributed by atoms with Crippen molar-refractivity contribution < 1.29 is 9.32 Å². The van der Waals surface area contributed by atoms with Crippen LogP contribution in [-0.4, -0.2) is 54.8 Å². The number of nitrogens with one attached hydrogen (secondary N) is 1. The Morgan fingerprint density at radius 1 is 1.27 bits per heavy atom. The van der Waals surface area contributed by atoms with Gasteiger partial charge in [-0.2, -0.15) is 10.1 Å². The maximum atomic E-state index is 12.8. The van der Waals surface area contributed by atoms with E-state index in [1.165, 1.54) is 0 Å². The van der Waals surface area contributed by atoms with Gasteiger partial charge in [-0.1, -0.05) is 11.2 Å². The second-order valence-corrected chi connectivity index (χ2v) is 7.82. The first-order valence-electron chi connectivity index (χ1n) is 10.2. The average molecular weight is 409 g/mol.